The largest absolute Gasteiger partial charge is 0.489 e. The Labute approximate surface area is 202 Å². The molecule has 2 aliphatic heterocycles. The van der Waals surface area contributed by atoms with E-state index in [-0.39, 0.29) is 12.6 Å². The van der Waals surface area contributed by atoms with Crippen molar-refractivity contribution in [3.8, 4) is 22.9 Å². The third kappa shape index (κ3) is 5.15. The molecule has 0 aliphatic carbocycles. The average molecular weight is 473 g/mol. The Morgan fingerprint density at radius 2 is 2.03 bits per heavy atom. The molecule has 35 heavy (non-hydrogen) atoms. The number of hydrogen-bond donors (Lipinski definition) is 2. The van der Waals surface area contributed by atoms with Crippen molar-refractivity contribution in [2.45, 2.75) is 31.9 Å². The number of hydrogen-bond acceptors (Lipinski definition) is 8. The van der Waals surface area contributed by atoms with E-state index in [2.05, 4.69) is 26.3 Å². The minimum Gasteiger partial charge on any atom is -0.489 e. The molecule has 1 amide bonds. The van der Waals surface area contributed by atoms with Crippen LogP contribution in [-0.4, -0.2) is 56.9 Å². The highest BCUT2D eigenvalue weighted by Gasteiger charge is 2.22. The molecule has 1 fully saturated rings. The van der Waals surface area contributed by atoms with Gasteiger partial charge in [-0.25, -0.2) is 19.7 Å². The Morgan fingerprint density at radius 3 is 2.83 bits per heavy atom. The standard InChI is InChI=1S/C25H24N6O4/c26-13-18-11-16(1-2-22(18)35-20-5-9-34-10-6-20)17-3-7-27-23(12-17)30-24-28-14-19-15-31(25(32)33)8-4-21(19)29-24/h1-3,7,11-12,14,20H,4-6,8-10,15H2,(H,32,33)(H,27,28,29,30). The summed E-state index contributed by atoms with van der Waals surface area (Å²) >= 11 is 0. The number of benzene rings is 1. The Bertz CT molecular complexity index is 1290. The highest BCUT2D eigenvalue weighted by atomic mass is 16.5. The Balaban J connectivity index is 1.32. The number of carboxylic acid groups (broad SMARTS) is 1. The molecule has 10 nitrogen and oxygen atoms in total. The number of nitrogens with zero attached hydrogens (tertiary/aromatic N) is 5. The maximum absolute atomic E-state index is 11.2. The summed E-state index contributed by atoms with van der Waals surface area (Å²) < 4.78 is 11.4. The zero-order chi connectivity index (χ0) is 24.2. The van der Waals surface area contributed by atoms with Gasteiger partial charge in [0.1, 0.15) is 23.7 Å². The molecular weight excluding hydrogens is 448 g/mol. The minimum absolute atomic E-state index is 0.0576. The number of pyridine rings is 1. The lowest BCUT2D eigenvalue weighted by atomic mass is 10.0. The lowest BCUT2D eigenvalue weighted by Gasteiger charge is -2.25. The summed E-state index contributed by atoms with van der Waals surface area (Å²) in [5, 5.41) is 22.0. The van der Waals surface area contributed by atoms with Crippen LogP contribution in [0.2, 0.25) is 0 Å². The fourth-order valence-corrected chi connectivity index (χ4v) is 4.21. The topological polar surface area (TPSA) is 133 Å². The SMILES string of the molecule is N#Cc1cc(-c2ccnc(Nc3ncc4c(n3)CCN(C(=O)O)C4)c2)ccc1OC1CCOCC1. The maximum Gasteiger partial charge on any atom is 0.407 e. The second-order valence-electron chi connectivity index (χ2n) is 8.43. The maximum atomic E-state index is 11.2. The van der Waals surface area contributed by atoms with Gasteiger partial charge in [0.25, 0.3) is 0 Å². The molecule has 0 radical (unpaired) electrons. The van der Waals surface area contributed by atoms with E-state index < -0.39 is 6.09 Å². The Morgan fingerprint density at radius 1 is 1.20 bits per heavy atom. The van der Waals surface area contributed by atoms with Gasteiger partial charge in [-0.3, -0.25) is 0 Å². The molecule has 2 aliphatic rings. The van der Waals surface area contributed by atoms with Crippen LogP contribution in [0.25, 0.3) is 11.1 Å². The van der Waals surface area contributed by atoms with Gasteiger partial charge in [-0.2, -0.15) is 5.26 Å². The first-order valence-electron chi connectivity index (χ1n) is 11.4. The van der Waals surface area contributed by atoms with E-state index in [9.17, 15) is 15.2 Å². The lowest BCUT2D eigenvalue weighted by Crippen LogP contribution is -2.35. The van der Waals surface area contributed by atoms with Gasteiger partial charge in [-0.1, -0.05) is 6.07 Å². The zero-order valence-electron chi connectivity index (χ0n) is 19.0. The van der Waals surface area contributed by atoms with Crippen molar-refractivity contribution in [2.24, 2.45) is 0 Å². The van der Waals surface area contributed by atoms with E-state index in [4.69, 9.17) is 9.47 Å². The summed E-state index contributed by atoms with van der Waals surface area (Å²) in [6.07, 6.45) is 4.61. The van der Waals surface area contributed by atoms with Crippen LogP contribution >= 0.6 is 0 Å². The van der Waals surface area contributed by atoms with Crippen LogP contribution in [0.5, 0.6) is 5.75 Å². The van der Waals surface area contributed by atoms with E-state index in [0.29, 0.717) is 49.3 Å². The first-order chi connectivity index (χ1) is 17.1. The van der Waals surface area contributed by atoms with Gasteiger partial charge in [0.2, 0.25) is 5.95 Å². The van der Waals surface area contributed by atoms with Crippen LogP contribution in [0.1, 0.15) is 29.7 Å². The molecule has 3 aromatic rings. The molecule has 4 heterocycles. The number of rotatable bonds is 5. The molecule has 0 saturated carbocycles. The second-order valence-corrected chi connectivity index (χ2v) is 8.43. The van der Waals surface area contributed by atoms with Crippen LogP contribution in [0.4, 0.5) is 16.6 Å². The van der Waals surface area contributed by atoms with Gasteiger partial charge in [0.15, 0.2) is 0 Å². The normalized spacial score (nSPS) is 15.7. The van der Waals surface area contributed by atoms with Crippen molar-refractivity contribution in [2.75, 3.05) is 25.1 Å². The van der Waals surface area contributed by atoms with Gasteiger partial charge in [0.05, 0.1) is 31.0 Å². The lowest BCUT2D eigenvalue weighted by molar-refractivity contribution is 0.0254. The third-order valence-electron chi connectivity index (χ3n) is 6.10. The van der Waals surface area contributed by atoms with Crippen molar-refractivity contribution in [1.82, 2.24) is 19.9 Å². The van der Waals surface area contributed by atoms with Crippen LogP contribution in [0, 0.1) is 11.3 Å². The zero-order valence-corrected chi connectivity index (χ0v) is 19.0. The number of amides is 1. The van der Waals surface area contributed by atoms with E-state index in [1.807, 2.05) is 30.3 Å². The summed E-state index contributed by atoms with van der Waals surface area (Å²) in [5.41, 5.74) is 3.86. The van der Waals surface area contributed by atoms with Crippen LogP contribution in [0.15, 0.2) is 42.7 Å². The summed E-state index contributed by atoms with van der Waals surface area (Å²) in [7, 11) is 0. The number of anilines is 2. The van der Waals surface area contributed by atoms with Crippen molar-refractivity contribution in [3.05, 3.63) is 59.5 Å². The molecule has 2 N–H and O–H groups in total. The molecule has 0 atom stereocenters. The molecular formula is C25H24N6O4. The van der Waals surface area contributed by atoms with Crippen LogP contribution < -0.4 is 10.1 Å². The first kappa shape index (κ1) is 22.6. The number of fused-ring (bicyclic) bond motifs is 1. The second kappa shape index (κ2) is 9.95. The minimum atomic E-state index is -0.943. The smallest absolute Gasteiger partial charge is 0.407 e. The number of aromatic nitrogens is 3. The highest BCUT2D eigenvalue weighted by molar-refractivity contribution is 5.70. The fourth-order valence-electron chi connectivity index (χ4n) is 4.21. The quantitative estimate of drug-likeness (QED) is 0.569. The predicted octanol–water partition coefficient (Wildman–Crippen LogP) is 3.75. The molecule has 1 aromatic carbocycles. The van der Waals surface area contributed by atoms with Crippen LogP contribution in [0.3, 0.4) is 0 Å². The molecule has 178 valence electrons. The molecule has 5 rings (SSSR count). The van der Waals surface area contributed by atoms with Crippen molar-refractivity contribution >= 4 is 17.9 Å². The van der Waals surface area contributed by atoms with Crippen molar-refractivity contribution in [1.29, 1.82) is 5.26 Å². The van der Waals surface area contributed by atoms with E-state index in [1.54, 1.807) is 12.4 Å². The number of nitriles is 1. The van der Waals surface area contributed by atoms with Gasteiger partial charge in [0, 0.05) is 43.8 Å². The number of ether oxygens (including phenoxy) is 2. The number of carbonyl (C=O) groups is 1. The molecule has 2 aromatic heterocycles. The molecule has 1 saturated heterocycles. The third-order valence-corrected chi connectivity index (χ3v) is 6.10. The van der Waals surface area contributed by atoms with Crippen molar-refractivity contribution < 1.29 is 19.4 Å². The van der Waals surface area contributed by atoms with Gasteiger partial charge >= 0.3 is 6.09 Å². The average Bonchev–Trinajstić information content (AvgIpc) is 2.89. The summed E-state index contributed by atoms with van der Waals surface area (Å²) in [6.45, 7) is 2.04. The van der Waals surface area contributed by atoms with Gasteiger partial charge in [-0.05, 0) is 35.4 Å². The molecule has 0 spiro atoms. The molecule has 0 unspecified atom stereocenters. The predicted molar refractivity (Wildman–Crippen MR) is 126 cm³/mol. The molecule has 0 bridgehead atoms. The van der Waals surface area contributed by atoms with E-state index in [1.165, 1.54) is 4.90 Å². The van der Waals surface area contributed by atoms with Gasteiger partial charge in [-0.15, -0.1) is 0 Å². The Kier molecular flexibility index (Phi) is 6.41. The van der Waals surface area contributed by atoms with Gasteiger partial charge < -0.3 is 24.8 Å². The van der Waals surface area contributed by atoms with E-state index >= 15 is 0 Å². The van der Waals surface area contributed by atoms with Crippen LogP contribution in [-0.2, 0) is 17.7 Å². The first-order valence-corrected chi connectivity index (χ1v) is 11.4. The molecule has 10 heteroatoms. The highest BCUT2D eigenvalue weighted by Crippen LogP contribution is 2.29. The van der Waals surface area contributed by atoms with E-state index in [0.717, 1.165) is 35.2 Å². The summed E-state index contributed by atoms with van der Waals surface area (Å²) in [5.74, 6) is 1.54. The number of nitrogens with one attached hydrogen (secondary N) is 1. The summed E-state index contributed by atoms with van der Waals surface area (Å²) in [4.78, 5) is 25.8. The summed E-state index contributed by atoms with van der Waals surface area (Å²) in [6, 6.07) is 11.6. The van der Waals surface area contributed by atoms with Crippen molar-refractivity contribution in [3.63, 3.8) is 0 Å². The monoisotopic (exact) mass is 472 g/mol. The fraction of sp³-hybridized carbons (Fsp3) is 0.320. The Hall–Kier alpha value is -4.23.